The van der Waals surface area contributed by atoms with Gasteiger partial charge < -0.3 is 14.8 Å². The maximum atomic E-state index is 11.9. The predicted molar refractivity (Wildman–Crippen MR) is 89.8 cm³/mol. The van der Waals surface area contributed by atoms with E-state index in [1.165, 1.54) is 0 Å². The van der Waals surface area contributed by atoms with Gasteiger partial charge in [-0.25, -0.2) is 9.97 Å². The number of carbonyl (C=O) groups is 1. The second-order valence-electron chi connectivity index (χ2n) is 5.69. The van der Waals surface area contributed by atoms with E-state index in [0.29, 0.717) is 16.7 Å². The molecule has 1 N–H and O–H groups in total. The maximum absolute atomic E-state index is 11.9. The average molecular weight is 334 g/mol. The molecular formula is C16H20ClN5O. The Kier molecular flexibility index (Phi) is 4.52. The molecule has 23 heavy (non-hydrogen) atoms. The van der Waals surface area contributed by atoms with Crippen molar-refractivity contribution in [1.29, 1.82) is 0 Å². The zero-order valence-electron chi connectivity index (χ0n) is 13.3. The van der Waals surface area contributed by atoms with E-state index in [9.17, 15) is 4.79 Å². The zero-order valence-corrected chi connectivity index (χ0v) is 14.0. The van der Waals surface area contributed by atoms with Crippen molar-refractivity contribution in [3.63, 3.8) is 0 Å². The molecule has 1 saturated heterocycles. The highest BCUT2D eigenvalue weighted by molar-refractivity contribution is 6.30. The first-order chi connectivity index (χ1) is 11.1. The molecule has 1 fully saturated rings. The van der Waals surface area contributed by atoms with E-state index < -0.39 is 0 Å². The molecule has 1 aliphatic heterocycles. The SMILES string of the molecule is CNC(=O)c1ccc([C@H]2CCCCN2c2ncc(Cl)cn2)n1C. The number of carbonyl (C=O) groups excluding carboxylic acids is 1. The fourth-order valence-electron chi connectivity index (χ4n) is 3.15. The summed E-state index contributed by atoms with van der Waals surface area (Å²) in [6.07, 6.45) is 6.51. The first-order valence-electron chi connectivity index (χ1n) is 7.73. The van der Waals surface area contributed by atoms with Gasteiger partial charge in [-0.05, 0) is 31.4 Å². The van der Waals surface area contributed by atoms with Gasteiger partial charge in [0.1, 0.15) is 5.69 Å². The molecule has 2 aromatic heterocycles. The molecule has 3 heterocycles. The fraction of sp³-hybridized carbons (Fsp3) is 0.438. The molecule has 1 amide bonds. The van der Waals surface area contributed by atoms with Crippen molar-refractivity contribution >= 4 is 23.5 Å². The van der Waals surface area contributed by atoms with Crippen molar-refractivity contribution in [2.75, 3.05) is 18.5 Å². The van der Waals surface area contributed by atoms with Gasteiger partial charge in [-0.3, -0.25) is 4.79 Å². The van der Waals surface area contributed by atoms with Gasteiger partial charge in [0.2, 0.25) is 5.95 Å². The highest BCUT2D eigenvalue weighted by Crippen LogP contribution is 2.34. The van der Waals surface area contributed by atoms with Gasteiger partial charge in [0.05, 0.1) is 23.5 Å². The van der Waals surface area contributed by atoms with Gasteiger partial charge >= 0.3 is 0 Å². The van der Waals surface area contributed by atoms with Crippen molar-refractivity contribution in [2.45, 2.75) is 25.3 Å². The number of amides is 1. The molecule has 6 nitrogen and oxygen atoms in total. The zero-order chi connectivity index (χ0) is 16.4. The summed E-state index contributed by atoms with van der Waals surface area (Å²) < 4.78 is 1.96. The molecule has 2 aromatic rings. The average Bonchev–Trinajstić information content (AvgIpc) is 2.96. The number of aromatic nitrogens is 3. The summed E-state index contributed by atoms with van der Waals surface area (Å²) in [6, 6.07) is 4.04. The van der Waals surface area contributed by atoms with E-state index in [2.05, 4.69) is 20.2 Å². The normalized spacial score (nSPS) is 18.0. The third kappa shape index (κ3) is 3.03. The van der Waals surface area contributed by atoms with Crippen LogP contribution in [0.3, 0.4) is 0 Å². The molecule has 3 rings (SSSR count). The maximum Gasteiger partial charge on any atom is 0.267 e. The lowest BCUT2D eigenvalue weighted by molar-refractivity contribution is 0.0954. The molecular weight excluding hydrogens is 314 g/mol. The summed E-state index contributed by atoms with van der Waals surface area (Å²) in [7, 11) is 3.57. The number of hydrogen-bond acceptors (Lipinski definition) is 4. The second kappa shape index (κ2) is 6.58. The van der Waals surface area contributed by atoms with E-state index >= 15 is 0 Å². The van der Waals surface area contributed by atoms with Crippen LogP contribution in [0.25, 0.3) is 0 Å². The Labute approximate surface area is 140 Å². The van der Waals surface area contributed by atoms with Crippen LogP contribution < -0.4 is 10.2 Å². The van der Waals surface area contributed by atoms with Crippen LogP contribution in [0.15, 0.2) is 24.5 Å². The predicted octanol–water partition coefficient (Wildman–Crippen LogP) is 2.56. The van der Waals surface area contributed by atoms with Crippen LogP contribution in [0.2, 0.25) is 5.02 Å². The summed E-state index contributed by atoms with van der Waals surface area (Å²) in [5.41, 5.74) is 1.76. The molecule has 0 aliphatic carbocycles. The Balaban J connectivity index is 1.94. The summed E-state index contributed by atoms with van der Waals surface area (Å²) in [5.74, 6) is 0.602. The lowest BCUT2D eigenvalue weighted by Gasteiger charge is -2.36. The minimum atomic E-state index is -0.0798. The number of rotatable bonds is 3. The minimum absolute atomic E-state index is 0.0798. The molecule has 0 aromatic carbocycles. The molecule has 0 saturated carbocycles. The number of hydrogen-bond donors (Lipinski definition) is 1. The molecule has 1 atom stereocenters. The van der Waals surface area contributed by atoms with Crippen LogP contribution in [0.5, 0.6) is 0 Å². The molecule has 1 aliphatic rings. The molecule has 0 radical (unpaired) electrons. The number of nitrogens with one attached hydrogen (secondary N) is 1. The van der Waals surface area contributed by atoms with E-state index in [4.69, 9.17) is 11.6 Å². The van der Waals surface area contributed by atoms with Gasteiger partial charge in [-0.15, -0.1) is 0 Å². The number of piperidine rings is 1. The minimum Gasteiger partial charge on any atom is -0.354 e. The van der Waals surface area contributed by atoms with E-state index in [0.717, 1.165) is 31.5 Å². The third-order valence-electron chi connectivity index (χ3n) is 4.33. The van der Waals surface area contributed by atoms with Crippen molar-refractivity contribution in [2.24, 2.45) is 7.05 Å². The van der Waals surface area contributed by atoms with Crippen molar-refractivity contribution in [3.05, 3.63) is 40.9 Å². The molecule has 0 unspecified atom stereocenters. The highest BCUT2D eigenvalue weighted by atomic mass is 35.5. The number of halogens is 1. The van der Waals surface area contributed by atoms with Crippen LogP contribution in [0, 0.1) is 0 Å². The lowest BCUT2D eigenvalue weighted by Crippen LogP contribution is -2.36. The lowest BCUT2D eigenvalue weighted by atomic mass is 10.00. The van der Waals surface area contributed by atoms with Gasteiger partial charge in [0.25, 0.3) is 5.91 Å². The Morgan fingerprint density at radius 3 is 2.74 bits per heavy atom. The Morgan fingerprint density at radius 2 is 2.04 bits per heavy atom. The van der Waals surface area contributed by atoms with E-state index in [-0.39, 0.29) is 11.9 Å². The van der Waals surface area contributed by atoms with Gasteiger partial charge in [0, 0.05) is 26.3 Å². The van der Waals surface area contributed by atoms with Crippen LogP contribution in [-0.2, 0) is 7.05 Å². The second-order valence-corrected chi connectivity index (χ2v) is 6.12. The monoisotopic (exact) mass is 333 g/mol. The summed E-state index contributed by atoms with van der Waals surface area (Å²) >= 11 is 5.89. The van der Waals surface area contributed by atoms with Gasteiger partial charge in [-0.2, -0.15) is 0 Å². The number of anilines is 1. The molecule has 122 valence electrons. The first-order valence-corrected chi connectivity index (χ1v) is 8.11. The smallest absolute Gasteiger partial charge is 0.267 e. The van der Waals surface area contributed by atoms with Gasteiger partial charge in [-0.1, -0.05) is 11.6 Å². The van der Waals surface area contributed by atoms with Crippen LogP contribution >= 0.6 is 11.6 Å². The summed E-state index contributed by atoms with van der Waals surface area (Å²) in [5, 5.41) is 3.21. The summed E-state index contributed by atoms with van der Waals surface area (Å²) in [4.78, 5) is 22.9. The van der Waals surface area contributed by atoms with Gasteiger partial charge in [0.15, 0.2) is 0 Å². The molecule has 0 spiro atoms. The van der Waals surface area contributed by atoms with Crippen molar-refractivity contribution in [1.82, 2.24) is 19.9 Å². The number of nitrogens with zero attached hydrogens (tertiary/aromatic N) is 4. The van der Waals surface area contributed by atoms with E-state index in [1.807, 2.05) is 23.7 Å². The Morgan fingerprint density at radius 1 is 1.30 bits per heavy atom. The van der Waals surface area contributed by atoms with Crippen molar-refractivity contribution < 1.29 is 4.79 Å². The fourth-order valence-corrected chi connectivity index (χ4v) is 3.25. The first kappa shape index (κ1) is 15.8. The Hall–Kier alpha value is -2.08. The van der Waals surface area contributed by atoms with Crippen LogP contribution in [0.1, 0.15) is 41.5 Å². The molecule has 7 heteroatoms. The topological polar surface area (TPSA) is 63.1 Å². The highest BCUT2D eigenvalue weighted by Gasteiger charge is 2.29. The van der Waals surface area contributed by atoms with Crippen LogP contribution in [0.4, 0.5) is 5.95 Å². The summed E-state index contributed by atoms with van der Waals surface area (Å²) in [6.45, 7) is 0.896. The van der Waals surface area contributed by atoms with E-state index in [1.54, 1.807) is 19.4 Å². The third-order valence-corrected chi connectivity index (χ3v) is 4.52. The van der Waals surface area contributed by atoms with Crippen molar-refractivity contribution in [3.8, 4) is 0 Å². The quantitative estimate of drug-likeness (QED) is 0.937. The largest absolute Gasteiger partial charge is 0.354 e. The Bertz CT molecular complexity index is 697. The standard InChI is InChI=1S/C16H20ClN5O/c1-18-15(23)14-7-6-12(21(14)2)13-5-3-4-8-22(13)16-19-9-11(17)10-20-16/h6-7,9-10,13H,3-5,8H2,1-2H3,(H,18,23)/t13-/m1/s1. The van der Waals surface area contributed by atoms with Crippen LogP contribution in [-0.4, -0.2) is 34.0 Å². The molecule has 0 bridgehead atoms.